The molecule has 8 heteroatoms. The molecule has 0 aromatic carbocycles. The quantitative estimate of drug-likeness (QED) is 0.778. The fourth-order valence-corrected chi connectivity index (χ4v) is 2.30. The summed E-state index contributed by atoms with van der Waals surface area (Å²) < 4.78 is 10.0. The van der Waals surface area contributed by atoms with Crippen LogP contribution in [-0.4, -0.2) is 35.1 Å². The Labute approximate surface area is 121 Å². The van der Waals surface area contributed by atoms with Crippen molar-refractivity contribution in [2.24, 2.45) is 11.1 Å². The van der Waals surface area contributed by atoms with Gasteiger partial charge in [-0.2, -0.15) is 9.97 Å². The lowest BCUT2D eigenvalue weighted by molar-refractivity contribution is -0.125. The smallest absolute Gasteiger partial charge is 0.239 e. The lowest BCUT2D eigenvalue weighted by Gasteiger charge is -2.38. The average molecular weight is 296 g/mol. The van der Waals surface area contributed by atoms with Crippen LogP contribution >= 0.6 is 12.2 Å². The highest BCUT2D eigenvalue weighted by atomic mass is 32.1. The van der Waals surface area contributed by atoms with Crippen LogP contribution in [0.2, 0.25) is 0 Å². The van der Waals surface area contributed by atoms with Crippen molar-refractivity contribution in [1.82, 2.24) is 9.97 Å². The summed E-state index contributed by atoms with van der Waals surface area (Å²) in [6, 6.07) is 1.52. The Morgan fingerprint density at radius 1 is 1.35 bits per heavy atom. The number of carbonyl (C=O) groups excluding carboxylic acids is 1. The van der Waals surface area contributed by atoms with Crippen LogP contribution in [0.25, 0.3) is 0 Å². The van der Waals surface area contributed by atoms with Gasteiger partial charge < -0.3 is 15.2 Å². The number of nitrogens with one attached hydrogen (secondary N) is 1. The number of carbonyl (C=O) groups is 1. The van der Waals surface area contributed by atoms with Gasteiger partial charge in [0.15, 0.2) is 0 Å². The molecule has 1 heterocycles. The molecule has 0 unspecified atom stereocenters. The third kappa shape index (κ3) is 2.51. The molecule has 0 radical (unpaired) electrons. The lowest BCUT2D eigenvalue weighted by atomic mass is 9.68. The fraction of sp³-hybridized carbons (Fsp3) is 0.500. The van der Waals surface area contributed by atoms with E-state index in [4.69, 9.17) is 27.4 Å². The first-order chi connectivity index (χ1) is 9.51. The minimum atomic E-state index is -0.783. The standard InChI is InChI=1S/C12H16N4O3S/c1-18-7-6-8(19-2)15-11(14-7)16-10(17)12(9(13)20)4-3-5-12/h6H,3-5H2,1-2H3,(H2,13,20)(H,14,15,16,17). The molecular formula is C12H16N4O3S. The molecule has 0 spiro atoms. The van der Waals surface area contributed by atoms with Crippen molar-refractivity contribution < 1.29 is 14.3 Å². The van der Waals surface area contributed by atoms with Gasteiger partial charge in [-0.1, -0.05) is 18.6 Å². The van der Waals surface area contributed by atoms with Crippen molar-refractivity contribution in [2.45, 2.75) is 19.3 Å². The van der Waals surface area contributed by atoms with E-state index in [9.17, 15) is 4.79 Å². The number of ether oxygens (including phenoxy) is 2. The largest absolute Gasteiger partial charge is 0.481 e. The lowest BCUT2D eigenvalue weighted by Crippen LogP contribution is -2.50. The average Bonchev–Trinajstić information content (AvgIpc) is 2.36. The van der Waals surface area contributed by atoms with E-state index in [0.717, 1.165) is 6.42 Å². The number of amides is 1. The second-order valence-electron chi connectivity index (χ2n) is 4.53. The molecule has 2 rings (SSSR count). The maximum absolute atomic E-state index is 12.3. The Balaban J connectivity index is 2.21. The third-order valence-corrected chi connectivity index (χ3v) is 3.83. The molecule has 108 valence electrons. The zero-order chi connectivity index (χ0) is 14.8. The molecule has 0 bridgehead atoms. The predicted octanol–water partition coefficient (Wildman–Crippen LogP) is 0.889. The number of methoxy groups -OCH3 is 2. The van der Waals surface area contributed by atoms with Crippen molar-refractivity contribution in [3.8, 4) is 11.8 Å². The number of thiocarbonyl (C=S) groups is 1. The summed E-state index contributed by atoms with van der Waals surface area (Å²) in [7, 11) is 2.94. The Kier molecular flexibility index (Phi) is 4.03. The molecule has 0 aliphatic heterocycles. The second kappa shape index (κ2) is 5.58. The highest BCUT2D eigenvalue weighted by Crippen LogP contribution is 2.42. The van der Waals surface area contributed by atoms with Gasteiger partial charge in [-0.3, -0.25) is 10.1 Å². The van der Waals surface area contributed by atoms with Crippen molar-refractivity contribution in [1.29, 1.82) is 0 Å². The van der Waals surface area contributed by atoms with E-state index in [0.29, 0.717) is 24.6 Å². The van der Waals surface area contributed by atoms with Gasteiger partial charge in [0, 0.05) is 0 Å². The minimum Gasteiger partial charge on any atom is -0.481 e. The van der Waals surface area contributed by atoms with Crippen LogP contribution in [0.4, 0.5) is 5.95 Å². The van der Waals surface area contributed by atoms with Crippen molar-refractivity contribution in [3.63, 3.8) is 0 Å². The molecule has 1 aliphatic rings. The Morgan fingerprint density at radius 2 is 1.90 bits per heavy atom. The van der Waals surface area contributed by atoms with Gasteiger partial charge in [-0.15, -0.1) is 0 Å². The van der Waals surface area contributed by atoms with E-state index in [1.807, 2.05) is 0 Å². The first-order valence-corrected chi connectivity index (χ1v) is 6.51. The third-order valence-electron chi connectivity index (χ3n) is 3.44. The Hall–Kier alpha value is -1.96. The molecule has 20 heavy (non-hydrogen) atoms. The van der Waals surface area contributed by atoms with Gasteiger partial charge in [0.2, 0.25) is 23.6 Å². The van der Waals surface area contributed by atoms with E-state index in [1.54, 1.807) is 0 Å². The second-order valence-corrected chi connectivity index (χ2v) is 4.97. The van der Waals surface area contributed by atoms with E-state index < -0.39 is 5.41 Å². The number of rotatable bonds is 5. The molecule has 1 fully saturated rings. The molecule has 3 N–H and O–H groups in total. The van der Waals surface area contributed by atoms with E-state index in [-0.39, 0.29) is 16.8 Å². The first-order valence-electron chi connectivity index (χ1n) is 6.10. The molecule has 0 saturated heterocycles. The summed E-state index contributed by atoms with van der Waals surface area (Å²) in [6.45, 7) is 0. The van der Waals surface area contributed by atoms with Crippen LogP contribution in [0.1, 0.15) is 19.3 Å². The number of anilines is 1. The summed E-state index contributed by atoms with van der Waals surface area (Å²) in [5.41, 5.74) is 4.90. The molecule has 7 nitrogen and oxygen atoms in total. The van der Waals surface area contributed by atoms with Crippen LogP contribution in [0.15, 0.2) is 6.07 Å². The summed E-state index contributed by atoms with van der Waals surface area (Å²) >= 11 is 5.00. The van der Waals surface area contributed by atoms with Crippen LogP contribution < -0.4 is 20.5 Å². The molecule has 1 amide bonds. The van der Waals surface area contributed by atoms with Gasteiger partial charge in [0.1, 0.15) is 0 Å². The highest BCUT2D eigenvalue weighted by Gasteiger charge is 2.47. The maximum Gasteiger partial charge on any atom is 0.239 e. The topological polar surface area (TPSA) is 99.4 Å². The Bertz CT molecular complexity index is 523. The van der Waals surface area contributed by atoms with Gasteiger partial charge in [0.05, 0.1) is 30.7 Å². The normalized spacial score (nSPS) is 15.9. The molecule has 1 aromatic rings. The molecule has 1 saturated carbocycles. The van der Waals surface area contributed by atoms with Gasteiger partial charge in [-0.25, -0.2) is 0 Å². The van der Waals surface area contributed by atoms with E-state index in [1.165, 1.54) is 20.3 Å². The SMILES string of the molecule is COc1cc(OC)nc(NC(=O)C2(C(N)=S)CCC2)n1. The van der Waals surface area contributed by atoms with E-state index >= 15 is 0 Å². The van der Waals surface area contributed by atoms with Gasteiger partial charge in [-0.05, 0) is 12.8 Å². The zero-order valence-corrected chi connectivity index (χ0v) is 12.1. The summed E-state index contributed by atoms with van der Waals surface area (Å²) in [4.78, 5) is 20.6. The van der Waals surface area contributed by atoms with Crippen molar-refractivity contribution in [3.05, 3.63) is 6.07 Å². The summed E-state index contributed by atoms with van der Waals surface area (Å²) in [5, 5.41) is 2.63. The number of hydrogen-bond donors (Lipinski definition) is 2. The van der Waals surface area contributed by atoms with E-state index in [2.05, 4.69) is 15.3 Å². The van der Waals surface area contributed by atoms with Gasteiger partial charge >= 0.3 is 0 Å². The fourth-order valence-electron chi connectivity index (χ4n) is 2.01. The van der Waals surface area contributed by atoms with Crippen LogP contribution in [0.5, 0.6) is 11.8 Å². The number of aromatic nitrogens is 2. The molecule has 1 aromatic heterocycles. The molecular weight excluding hydrogens is 280 g/mol. The Morgan fingerprint density at radius 3 is 2.25 bits per heavy atom. The van der Waals surface area contributed by atoms with Crippen LogP contribution in [0, 0.1) is 5.41 Å². The number of nitrogens with zero attached hydrogens (tertiary/aromatic N) is 2. The monoisotopic (exact) mass is 296 g/mol. The maximum atomic E-state index is 12.3. The molecule has 0 atom stereocenters. The van der Waals surface area contributed by atoms with Crippen LogP contribution in [0.3, 0.4) is 0 Å². The predicted molar refractivity (Wildman–Crippen MR) is 76.8 cm³/mol. The summed E-state index contributed by atoms with van der Waals surface area (Å²) in [5.74, 6) is 0.413. The van der Waals surface area contributed by atoms with Crippen molar-refractivity contribution >= 4 is 29.1 Å². The first kappa shape index (κ1) is 14.4. The van der Waals surface area contributed by atoms with Gasteiger partial charge in [0.25, 0.3) is 0 Å². The minimum absolute atomic E-state index is 0.105. The molecule has 1 aliphatic carbocycles. The number of hydrogen-bond acceptors (Lipinski definition) is 6. The number of nitrogens with two attached hydrogens (primary N) is 1. The zero-order valence-electron chi connectivity index (χ0n) is 11.3. The van der Waals surface area contributed by atoms with Crippen molar-refractivity contribution in [2.75, 3.05) is 19.5 Å². The van der Waals surface area contributed by atoms with Crippen LogP contribution in [-0.2, 0) is 4.79 Å². The summed E-state index contributed by atoms with van der Waals surface area (Å²) in [6.07, 6.45) is 2.22. The highest BCUT2D eigenvalue weighted by molar-refractivity contribution is 7.80.